The molecule has 4 heteroatoms. The van der Waals surface area contributed by atoms with Gasteiger partial charge < -0.3 is 4.81 Å². The fourth-order valence-corrected chi connectivity index (χ4v) is 1.67. The van der Waals surface area contributed by atoms with Gasteiger partial charge in [-0.15, -0.1) is 0 Å². The van der Waals surface area contributed by atoms with Crippen LogP contribution in [0.5, 0.6) is 0 Å². The Morgan fingerprint density at radius 1 is 1.15 bits per heavy atom. The Morgan fingerprint density at radius 3 is 3.15 bits per heavy atom. The molecule has 2 aliphatic heterocycles. The molecule has 0 aromatic carbocycles. The van der Waals surface area contributed by atoms with E-state index in [2.05, 4.69) is 27.8 Å². The summed E-state index contributed by atoms with van der Waals surface area (Å²) in [5, 5.41) is 0. The van der Waals surface area contributed by atoms with E-state index in [0.717, 1.165) is 5.95 Å². The second-order valence-electron chi connectivity index (χ2n) is 3.10. The molecule has 1 aromatic rings. The standard InChI is InChI=1S/C9H8BN3/c1-2-6-13-9-11-5-8-12(9)7-4-10(13)3-1/h1-8H. The first kappa shape index (κ1) is 6.77. The molecule has 0 atom stereocenters. The second-order valence-corrected chi connectivity index (χ2v) is 3.10. The lowest BCUT2D eigenvalue weighted by molar-refractivity contribution is 1.07. The minimum atomic E-state index is 0.333. The lowest BCUT2D eigenvalue weighted by atomic mass is 9.59. The van der Waals surface area contributed by atoms with Crippen LogP contribution in [0, 0.1) is 0 Å². The van der Waals surface area contributed by atoms with Crippen molar-refractivity contribution in [3.8, 4) is 0 Å². The van der Waals surface area contributed by atoms with Crippen molar-refractivity contribution in [2.75, 3.05) is 4.81 Å². The number of rotatable bonds is 0. The normalized spacial score (nSPS) is 17.5. The Labute approximate surface area is 76.8 Å². The Bertz CT molecular complexity index is 416. The molecule has 62 valence electrons. The van der Waals surface area contributed by atoms with Gasteiger partial charge in [-0.25, -0.2) is 4.98 Å². The Kier molecular flexibility index (Phi) is 1.24. The van der Waals surface area contributed by atoms with Crippen LogP contribution < -0.4 is 4.81 Å². The van der Waals surface area contributed by atoms with Gasteiger partial charge in [0.25, 0.3) is 0 Å². The maximum Gasteiger partial charge on any atom is 0.317 e. The molecule has 0 saturated heterocycles. The van der Waals surface area contributed by atoms with Crippen LogP contribution in [-0.2, 0) is 0 Å². The molecule has 3 rings (SSSR count). The largest absolute Gasteiger partial charge is 0.354 e. The highest BCUT2D eigenvalue weighted by Gasteiger charge is 2.24. The number of hydrogen-bond donors (Lipinski definition) is 0. The van der Waals surface area contributed by atoms with Crippen molar-refractivity contribution in [1.82, 2.24) is 9.55 Å². The van der Waals surface area contributed by atoms with E-state index in [0.29, 0.717) is 6.85 Å². The Hall–Kier alpha value is -1.71. The summed E-state index contributed by atoms with van der Waals surface area (Å²) in [6.45, 7) is 0.333. The maximum atomic E-state index is 4.29. The van der Waals surface area contributed by atoms with Gasteiger partial charge in [0.15, 0.2) is 0 Å². The van der Waals surface area contributed by atoms with E-state index < -0.39 is 0 Å². The summed E-state index contributed by atoms with van der Waals surface area (Å²) in [6.07, 6.45) is 11.9. The third-order valence-corrected chi connectivity index (χ3v) is 2.31. The molecular formula is C9H8BN3. The predicted molar refractivity (Wildman–Crippen MR) is 54.1 cm³/mol. The fraction of sp³-hybridized carbons (Fsp3) is 0. The molecule has 2 aliphatic rings. The zero-order valence-corrected chi connectivity index (χ0v) is 7.04. The fourth-order valence-electron chi connectivity index (χ4n) is 1.67. The van der Waals surface area contributed by atoms with E-state index in [1.54, 1.807) is 0 Å². The predicted octanol–water partition coefficient (Wildman–Crippen LogP) is 1.33. The molecule has 0 bridgehead atoms. The van der Waals surface area contributed by atoms with Gasteiger partial charge in [-0.1, -0.05) is 18.0 Å². The van der Waals surface area contributed by atoms with E-state index in [9.17, 15) is 0 Å². The molecule has 1 aromatic heterocycles. The van der Waals surface area contributed by atoms with Crippen molar-refractivity contribution in [1.29, 1.82) is 0 Å². The van der Waals surface area contributed by atoms with Crippen LogP contribution in [0.15, 0.2) is 42.7 Å². The minimum absolute atomic E-state index is 0.333. The average molecular weight is 169 g/mol. The zero-order chi connectivity index (χ0) is 8.67. The molecule has 0 radical (unpaired) electrons. The van der Waals surface area contributed by atoms with Crippen molar-refractivity contribution < 1.29 is 0 Å². The lowest BCUT2D eigenvalue weighted by Crippen LogP contribution is -2.37. The summed E-state index contributed by atoms with van der Waals surface area (Å²) in [5.41, 5.74) is 0. The van der Waals surface area contributed by atoms with Crippen LogP contribution in [0.25, 0.3) is 6.20 Å². The summed E-state index contributed by atoms with van der Waals surface area (Å²) in [6, 6.07) is 0. The first-order valence-corrected chi connectivity index (χ1v) is 4.30. The van der Waals surface area contributed by atoms with Crippen LogP contribution >= 0.6 is 0 Å². The van der Waals surface area contributed by atoms with Gasteiger partial charge in [-0.3, -0.25) is 4.57 Å². The number of allylic oxidation sites excluding steroid dienone is 2. The van der Waals surface area contributed by atoms with Gasteiger partial charge in [0.2, 0.25) is 5.95 Å². The van der Waals surface area contributed by atoms with Crippen LogP contribution in [0.4, 0.5) is 5.95 Å². The molecular weight excluding hydrogens is 161 g/mol. The quantitative estimate of drug-likeness (QED) is 0.546. The first-order chi connectivity index (χ1) is 6.45. The summed E-state index contributed by atoms with van der Waals surface area (Å²) < 4.78 is 2.01. The van der Waals surface area contributed by atoms with Crippen molar-refractivity contribution >= 4 is 19.0 Å². The molecule has 0 saturated carbocycles. The van der Waals surface area contributed by atoms with E-state index in [-0.39, 0.29) is 0 Å². The third-order valence-electron chi connectivity index (χ3n) is 2.31. The summed E-state index contributed by atoms with van der Waals surface area (Å²) in [7, 11) is 0. The van der Waals surface area contributed by atoms with Crippen LogP contribution in [-0.4, -0.2) is 16.4 Å². The monoisotopic (exact) mass is 169 g/mol. The molecule has 0 unspecified atom stereocenters. The Balaban J connectivity index is 2.15. The molecule has 0 spiro atoms. The van der Waals surface area contributed by atoms with E-state index in [4.69, 9.17) is 0 Å². The van der Waals surface area contributed by atoms with Crippen LogP contribution in [0.2, 0.25) is 0 Å². The minimum Gasteiger partial charge on any atom is -0.354 e. The number of anilines is 1. The summed E-state index contributed by atoms with van der Waals surface area (Å²) in [5.74, 6) is 5.27. The summed E-state index contributed by atoms with van der Waals surface area (Å²) >= 11 is 0. The van der Waals surface area contributed by atoms with Crippen molar-refractivity contribution in [3.05, 3.63) is 42.7 Å². The third kappa shape index (κ3) is 0.885. The number of hydrogen-bond acceptors (Lipinski definition) is 2. The van der Waals surface area contributed by atoms with Gasteiger partial charge >= 0.3 is 6.85 Å². The highest BCUT2D eigenvalue weighted by atomic mass is 15.3. The highest BCUT2D eigenvalue weighted by Crippen LogP contribution is 2.21. The molecule has 0 aliphatic carbocycles. The Morgan fingerprint density at radius 2 is 2.15 bits per heavy atom. The molecule has 0 N–H and O–H groups in total. The molecule has 3 heterocycles. The van der Waals surface area contributed by atoms with Crippen molar-refractivity contribution in [2.45, 2.75) is 0 Å². The van der Waals surface area contributed by atoms with Gasteiger partial charge in [-0.2, -0.15) is 0 Å². The molecule has 3 nitrogen and oxygen atoms in total. The average Bonchev–Trinajstić information content (AvgIpc) is 2.65. The summed E-state index contributed by atoms with van der Waals surface area (Å²) in [4.78, 5) is 6.43. The van der Waals surface area contributed by atoms with Crippen LogP contribution in [0.3, 0.4) is 0 Å². The smallest absolute Gasteiger partial charge is 0.317 e. The number of imidazole rings is 1. The number of aromatic nitrogens is 2. The molecule has 13 heavy (non-hydrogen) atoms. The highest BCUT2D eigenvalue weighted by molar-refractivity contribution is 6.74. The number of nitrogens with zero attached hydrogens (tertiary/aromatic N) is 3. The van der Waals surface area contributed by atoms with Gasteiger partial charge in [0.05, 0.1) is 0 Å². The van der Waals surface area contributed by atoms with Crippen molar-refractivity contribution in [2.24, 2.45) is 0 Å². The van der Waals surface area contributed by atoms with Gasteiger partial charge in [0, 0.05) is 18.6 Å². The zero-order valence-electron chi connectivity index (χ0n) is 7.04. The van der Waals surface area contributed by atoms with Gasteiger partial charge in [-0.05, 0) is 12.3 Å². The van der Waals surface area contributed by atoms with E-state index in [1.807, 2.05) is 35.4 Å². The first-order valence-electron chi connectivity index (χ1n) is 4.30. The van der Waals surface area contributed by atoms with E-state index >= 15 is 0 Å². The lowest BCUT2D eigenvalue weighted by Gasteiger charge is -2.27. The number of fused-ring (bicyclic) bond motifs is 3. The van der Waals surface area contributed by atoms with Gasteiger partial charge in [0.1, 0.15) is 0 Å². The SMILES string of the molecule is C1=CB2C=Cn3ccnc3N2C=C1. The van der Waals surface area contributed by atoms with E-state index in [1.165, 1.54) is 0 Å². The molecule has 0 fully saturated rings. The van der Waals surface area contributed by atoms with Crippen LogP contribution in [0.1, 0.15) is 0 Å². The molecule has 0 amide bonds. The maximum absolute atomic E-state index is 4.29. The topological polar surface area (TPSA) is 21.1 Å². The van der Waals surface area contributed by atoms with Crippen molar-refractivity contribution in [3.63, 3.8) is 0 Å². The second kappa shape index (κ2) is 2.39.